The highest BCUT2D eigenvalue weighted by Crippen LogP contribution is 2.12. The van der Waals surface area contributed by atoms with Crippen LogP contribution in [0.5, 0.6) is 0 Å². The predicted molar refractivity (Wildman–Crippen MR) is 62.9 cm³/mol. The van der Waals surface area contributed by atoms with Crippen LogP contribution in [0.2, 0.25) is 0 Å². The Bertz CT molecular complexity index is 287. The van der Waals surface area contributed by atoms with Crippen molar-refractivity contribution in [1.29, 1.82) is 0 Å². The molecule has 0 bridgehead atoms. The van der Waals surface area contributed by atoms with Crippen LogP contribution in [0, 0.1) is 0 Å². The fraction of sp³-hybridized carbons (Fsp3) is 0.364. The average Bonchev–Trinajstić information content (AvgIpc) is 2.26. The van der Waals surface area contributed by atoms with Gasteiger partial charge in [0.05, 0.1) is 0 Å². The third-order valence-corrected chi connectivity index (χ3v) is 2.60. The first-order valence-electron chi connectivity index (χ1n) is 4.63. The molecule has 14 heavy (non-hydrogen) atoms. The van der Waals surface area contributed by atoms with Crippen molar-refractivity contribution < 1.29 is 4.79 Å². The number of anilines is 1. The van der Waals surface area contributed by atoms with Crippen LogP contribution in [0.15, 0.2) is 30.3 Å². The first-order chi connectivity index (χ1) is 6.75. The molecule has 0 fully saturated rings. The van der Waals surface area contributed by atoms with Crippen molar-refractivity contribution in [3.05, 3.63) is 30.3 Å². The summed E-state index contributed by atoms with van der Waals surface area (Å²) in [6, 6.07) is 9.69. The van der Waals surface area contributed by atoms with Gasteiger partial charge in [0.1, 0.15) is 0 Å². The van der Waals surface area contributed by atoms with Crippen LogP contribution in [0.25, 0.3) is 0 Å². The second kappa shape index (κ2) is 5.81. The van der Waals surface area contributed by atoms with Gasteiger partial charge in [-0.2, -0.15) is 0 Å². The molecule has 0 aromatic heterocycles. The summed E-state index contributed by atoms with van der Waals surface area (Å²) in [5, 5.41) is 0.876. The highest BCUT2D eigenvalue weighted by atomic mass is 79.9. The maximum atomic E-state index is 11.6. The molecule has 0 atom stereocenters. The van der Waals surface area contributed by atoms with E-state index in [1.807, 2.05) is 37.4 Å². The number of benzene rings is 1. The Balaban J connectivity index is 2.57. The van der Waals surface area contributed by atoms with Gasteiger partial charge in [-0.3, -0.25) is 4.79 Å². The number of alkyl halides is 1. The molecule has 1 amide bonds. The molecule has 1 rings (SSSR count). The van der Waals surface area contributed by atoms with E-state index < -0.39 is 0 Å². The molecule has 0 radical (unpaired) electrons. The Morgan fingerprint density at radius 1 is 1.36 bits per heavy atom. The van der Waals surface area contributed by atoms with Gasteiger partial charge >= 0.3 is 0 Å². The van der Waals surface area contributed by atoms with E-state index in [0.29, 0.717) is 6.42 Å². The number of carbonyl (C=O) groups is 1. The number of para-hydroxylation sites is 1. The van der Waals surface area contributed by atoms with Crippen LogP contribution in [0.3, 0.4) is 0 Å². The Labute approximate surface area is 93.0 Å². The summed E-state index contributed by atoms with van der Waals surface area (Å²) in [7, 11) is 1.81. The van der Waals surface area contributed by atoms with Crippen LogP contribution in [-0.4, -0.2) is 18.3 Å². The Morgan fingerprint density at radius 2 is 2.00 bits per heavy atom. The van der Waals surface area contributed by atoms with Gasteiger partial charge in [-0.1, -0.05) is 34.1 Å². The van der Waals surface area contributed by atoms with Crippen molar-refractivity contribution in [2.45, 2.75) is 12.8 Å². The Hall–Kier alpha value is -0.830. The molecule has 0 aliphatic rings. The van der Waals surface area contributed by atoms with Gasteiger partial charge < -0.3 is 4.90 Å². The third-order valence-electron chi connectivity index (χ3n) is 2.04. The average molecular weight is 256 g/mol. The minimum atomic E-state index is 0.163. The number of nitrogens with zero attached hydrogens (tertiary/aromatic N) is 1. The lowest BCUT2D eigenvalue weighted by Gasteiger charge is -2.16. The van der Waals surface area contributed by atoms with Gasteiger partial charge in [-0.25, -0.2) is 0 Å². The molecule has 0 heterocycles. The van der Waals surface area contributed by atoms with E-state index >= 15 is 0 Å². The van der Waals surface area contributed by atoms with Crippen LogP contribution < -0.4 is 4.90 Å². The molecule has 2 nitrogen and oxygen atoms in total. The number of hydrogen-bond donors (Lipinski definition) is 0. The first-order valence-corrected chi connectivity index (χ1v) is 5.75. The summed E-state index contributed by atoms with van der Waals surface area (Å²) in [4.78, 5) is 13.3. The minimum absolute atomic E-state index is 0.163. The smallest absolute Gasteiger partial charge is 0.226 e. The summed E-state index contributed by atoms with van der Waals surface area (Å²) >= 11 is 3.31. The zero-order valence-electron chi connectivity index (χ0n) is 8.24. The van der Waals surface area contributed by atoms with Gasteiger partial charge in [0.25, 0.3) is 0 Å². The van der Waals surface area contributed by atoms with E-state index in [1.54, 1.807) is 4.90 Å². The van der Waals surface area contributed by atoms with Crippen molar-refractivity contribution in [2.24, 2.45) is 0 Å². The van der Waals surface area contributed by atoms with Crippen LogP contribution in [0.1, 0.15) is 12.8 Å². The molecule has 1 aromatic carbocycles. The van der Waals surface area contributed by atoms with E-state index in [9.17, 15) is 4.79 Å². The zero-order chi connectivity index (χ0) is 10.4. The van der Waals surface area contributed by atoms with Crippen molar-refractivity contribution in [3.8, 4) is 0 Å². The minimum Gasteiger partial charge on any atom is -0.316 e. The van der Waals surface area contributed by atoms with E-state index in [0.717, 1.165) is 17.4 Å². The van der Waals surface area contributed by atoms with E-state index in [1.165, 1.54) is 0 Å². The molecule has 1 aromatic rings. The highest BCUT2D eigenvalue weighted by molar-refractivity contribution is 9.09. The molecule has 0 N–H and O–H groups in total. The van der Waals surface area contributed by atoms with E-state index in [-0.39, 0.29) is 5.91 Å². The van der Waals surface area contributed by atoms with E-state index in [4.69, 9.17) is 0 Å². The van der Waals surface area contributed by atoms with Gasteiger partial charge in [0.2, 0.25) is 5.91 Å². The van der Waals surface area contributed by atoms with Crippen molar-refractivity contribution in [3.63, 3.8) is 0 Å². The lowest BCUT2D eigenvalue weighted by atomic mass is 10.2. The monoisotopic (exact) mass is 255 g/mol. The van der Waals surface area contributed by atoms with Crippen LogP contribution >= 0.6 is 15.9 Å². The van der Waals surface area contributed by atoms with Crippen LogP contribution in [0.4, 0.5) is 5.69 Å². The summed E-state index contributed by atoms with van der Waals surface area (Å²) in [6.07, 6.45) is 1.48. The second-order valence-corrected chi connectivity index (χ2v) is 3.87. The topological polar surface area (TPSA) is 20.3 Å². The molecule has 0 spiro atoms. The summed E-state index contributed by atoms with van der Waals surface area (Å²) in [5.41, 5.74) is 0.951. The Morgan fingerprint density at radius 3 is 2.57 bits per heavy atom. The normalized spacial score (nSPS) is 9.86. The van der Waals surface area contributed by atoms with Crippen molar-refractivity contribution in [1.82, 2.24) is 0 Å². The van der Waals surface area contributed by atoms with Gasteiger partial charge in [-0.05, 0) is 18.6 Å². The number of carbonyl (C=O) groups excluding carboxylic acids is 1. The SMILES string of the molecule is CN(C(=O)CCCBr)c1ccccc1. The van der Waals surface area contributed by atoms with Crippen molar-refractivity contribution >= 4 is 27.5 Å². The lowest BCUT2D eigenvalue weighted by molar-refractivity contribution is -0.118. The predicted octanol–water partition coefficient (Wildman–Crippen LogP) is 2.82. The molecule has 0 aliphatic heterocycles. The van der Waals surface area contributed by atoms with Gasteiger partial charge in [-0.15, -0.1) is 0 Å². The van der Waals surface area contributed by atoms with Crippen molar-refractivity contribution in [2.75, 3.05) is 17.3 Å². The zero-order valence-corrected chi connectivity index (χ0v) is 9.83. The molecule has 0 unspecified atom stereocenters. The second-order valence-electron chi connectivity index (χ2n) is 3.08. The van der Waals surface area contributed by atoms with E-state index in [2.05, 4.69) is 15.9 Å². The maximum Gasteiger partial charge on any atom is 0.226 e. The fourth-order valence-electron chi connectivity index (χ4n) is 1.18. The molecule has 0 aliphatic carbocycles. The quantitative estimate of drug-likeness (QED) is 0.758. The fourth-order valence-corrected chi connectivity index (χ4v) is 1.46. The highest BCUT2D eigenvalue weighted by Gasteiger charge is 2.08. The molecule has 0 saturated carbocycles. The number of hydrogen-bond acceptors (Lipinski definition) is 1. The summed E-state index contributed by atoms with van der Waals surface area (Å²) in [6.45, 7) is 0. The summed E-state index contributed by atoms with van der Waals surface area (Å²) in [5.74, 6) is 0.163. The largest absolute Gasteiger partial charge is 0.316 e. The lowest BCUT2D eigenvalue weighted by Crippen LogP contribution is -2.25. The molecular weight excluding hydrogens is 242 g/mol. The maximum absolute atomic E-state index is 11.6. The van der Waals surface area contributed by atoms with Gasteiger partial charge in [0, 0.05) is 24.5 Å². The number of rotatable bonds is 4. The Kier molecular flexibility index (Phi) is 4.66. The standard InChI is InChI=1S/C11H14BrNO/c1-13(11(14)8-5-9-12)10-6-3-2-4-7-10/h2-4,6-7H,5,8-9H2,1H3. The first kappa shape index (κ1) is 11.2. The van der Waals surface area contributed by atoms with Gasteiger partial charge in [0.15, 0.2) is 0 Å². The number of amides is 1. The molecule has 3 heteroatoms. The summed E-state index contributed by atoms with van der Waals surface area (Å²) < 4.78 is 0. The third kappa shape index (κ3) is 3.14. The van der Waals surface area contributed by atoms with Crippen LogP contribution in [-0.2, 0) is 4.79 Å². The molecule has 0 saturated heterocycles. The number of halogens is 1. The molecular formula is C11H14BrNO. The molecule has 76 valence electrons.